The van der Waals surface area contributed by atoms with Crippen LogP contribution in [-0.4, -0.2) is 42.5 Å². The maximum atomic E-state index is 5.93. The second kappa shape index (κ2) is 11.8. The zero-order valence-corrected chi connectivity index (χ0v) is 20.5. The molecule has 0 saturated carbocycles. The van der Waals surface area contributed by atoms with Crippen LogP contribution in [0.2, 0.25) is 5.02 Å². The molecule has 0 spiro atoms. The van der Waals surface area contributed by atoms with Crippen LogP contribution in [0.1, 0.15) is 35.7 Å². The predicted molar refractivity (Wildman–Crippen MR) is 129 cm³/mol. The lowest BCUT2D eigenvalue weighted by Gasteiger charge is -2.31. The molecule has 2 aromatic rings. The van der Waals surface area contributed by atoms with Gasteiger partial charge in [-0.25, -0.2) is 4.98 Å². The van der Waals surface area contributed by atoms with Gasteiger partial charge in [-0.05, 0) is 63.4 Å². The van der Waals surface area contributed by atoms with Gasteiger partial charge < -0.3 is 15.1 Å². The minimum Gasteiger partial charge on any atom is -0.444 e. The fraction of sp³-hybridized carbons (Fsp3) is 0.524. The first-order chi connectivity index (χ1) is 13.5. The number of halogens is 2. The normalized spacial score (nSPS) is 15.8. The maximum absolute atomic E-state index is 5.93. The summed E-state index contributed by atoms with van der Waals surface area (Å²) >= 11 is 5.93. The molecule has 0 radical (unpaired) electrons. The van der Waals surface area contributed by atoms with Gasteiger partial charge >= 0.3 is 0 Å². The summed E-state index contributed by atoms with van der Waals surface area (Å²) in [6.45, 7) is 8.58. The lowest BCUT2D eigenvalue weighted by Crippen LogP contribution is -2.42. The number of nitrogens with zero attached hydrogens (tertiary/aromatic N) is 3. The van der Waals surface area contributed by atoms with E-state index in [2.05, 4.69) is 25.5 Å². The Hall–Kier alpha value is -1.32. The fourth-order valence-corrected chi connectivity index (χ4v) is 3.52. The van der Waals surface area contributed by atoms with Gasteiger partial charge in [-0.15, -0.1) is 24.0 Å². The monoisotopic (exact) mass is 531 g/mol. The molecule has 0 bridgehead atoms. The highest BCUT2D eigenvalue weighted by molar-refractivity contribution is 14.0. The highest BCUT2D eigenvalue weighted by atomic mass is 127. The van der Waals surface area contributed by atoms with Gasteiger partial charge in [-0.1, -0.05) is 23.7 Å². The van der Waals surface area contributed by atoms with Crippen LogP contribution in [0.4, 0.5) is 0 Å². The number of nitrogens with one attached hydrogen (secondary N) is 2. The zero-order chi connectivity index (χ0) is 19.9. The number of likely N-dealkylation sites (tertiary alicyclic amines) is 1. The number of hydrogen-bond donors (Lipinski definition) is 2. The maximum Gasteiger partial charge on any atom is 0.208 e. The SMILES string of the molecule is CN=C(NCc1ccc(Cl)cc1)NCC1CCN(Cc2nc(C)c(C)o2)CC1.I. The van der Waals surface area contributed by atoms with Crippen LogP contribution in [0.3, 0.4) is 0 Å². The quantitative estimate of drug-likeness (QED) is 0.333. The molecule has 2 heterocycles. The van der Waals surface area contributed by atoms with Crippen LogP contribution in [0, 0.1) is 19.8 Å². The molecular weight excluding hydrogens is 501 g/mol. The summed E-state index contributed by atoms with van der Waals surface area (Å²) in [5.41, 5.74) is 2.17. The first kappa shape index (κ1) is 24.0. The molecule has 0 atom stereocenters. The van der Waals surface area contributed by atoms with Crippen molar-refractivity contribution in [1.82, 2.24) is 20.5 Å². The third kappa shape index (κ3) is 7.46. The van der Waals surface area contributed by atoms with Crippen molar-refractivity contribution in [1.29, 1.82) is 0 Å². The Balaban J connectivity index is 0.00000300. The van der Waals surface area contributed by atoms with E-state index in [0.29, 0.717) is 5.92 Å². The molecule has 1 aliphatic heterocycles. The Morgan fingerprint density at radius 2 is 1.90 bits per heavy atom. The van der Waals surface area contributed by atoms with Crippen LogP contribution in [-0.2, 0) is 13.1 Å². The third-order valence-corrected chi connectivity index (χ3v) is 5.55. The second-order valence-electron chi connectivity index (χ2n) is 7.40. The van der Waals surface area contributed by atoms with E-state index in [0.717, 1.165) is 61.1 Å². The molecule has 1 aromatic heterocycles. The third-order valence-electron chi connectivity index (χ3n) is 5.29. The van der Waals surface area contributed by atoms with Gasteiger partial charge in [0, 0.05) is 25.2 Å². The largest absolute Gasteiger partial charge is 0.444 e. The van der Waals surface area contributed by atoms with E-state index in [1.807, 2.05) is 38.1 Å². The molecule has 1 aromatic carbocycles. The molecular formula is C21H31ClIN5O. The first-order valence-electron chi connectivity index (χ1n) is 9.87. The number of guanidine groups is 1. The summed E-state index contributed by atoms with van der Waals surface area (Å²) in [5.74, 6) is 3.24. The van der Waals surface area contributed by atoms with E-state index in [-0.39, 0.29) is 24.0 Å². The Morgan fingerprint density at radius 1 is 1.21 bits per heavy atom. The topological polar surface area (TPSA) is 65.7 Å². The van der Waals surface area contributed by atoms with E-state index < -0.39 is 0 Å². The molecule has 2 N–H and O–H groups in total. The Bertz CT molecular complexity index is 765. The molecule has 160 valence electrons. The zero-order valence-electron chi connectivity index (χ0n) is 17.4. The molecule has 0 amide bonds. The van der Waals surface area contributed by atoms with Crippen molar-refractivity contribution in [2.45, 2.75) is 39.8 Å². The highest BCUT2D eigenvalue weighted by Crippen LogP contribution is 2.19. The van der Waals surface area contributed by atoms with E-state index in [1.165, 1.54) is 18.4 Å². The summed E-state index contributed by atoms with van der Waals surface area (Å²) in [6, 6.07) is 7.86. The summed E-state index contributed by atoms with van der Waals surface area (Å²) in [4.78, 5) is 11.2. The van der Waals surface area contributed by atoms with Gasteiger partial charge in [0.25, 0.3) is 0 Å². The van der Waals surface area contributed by atoms with Gasteiger partial charge in [0.05, 0.1) is 12.2 Å². The number of benzene rings is 1. The average molecular weight is 532 g/mol. The second-order valence-corrected chi connectivity index (χ2v) is 7.84. The van der Waals surface area contributed by atoms with E-state index >= 15 is 0 Å². The van der Waals surface area contributed by atoms with Crippen LogP contribution in [0.5, 0.6) is 0 Å². The Morgan fingerprint density at radius 3 is 2.48 bits per heavy atom. The average Bonchev–Trinajstić information content (AvgIpc) is 3.01. The van der Waals surface area contributed by atoms with Crippen LogP contribution in [0.15, 0.2) is 33.7 Å². The standard InChI is InChI=1S/C21H30ClN5O.HI/c1-15-16(2)28-20(26-15)14-27-10-8-18(9-11-27)13-25-21(23-3)24-12-17-4-6-19(22)7-5-17;/h4-7,18H,8-14H2,1-3H3,(H2,23,24,25);1H. The summed E-state index contributed by atoms with van der Waals surface area (Å²) in [5, 5.41) is 7.57. The van der Waals surface area contributed by atoms with Gasteiger partial charge in [0.2, 0.25) is 5.89 Å². The molecule has 1 aliphatic rings. The number of aliphatic imine (C=N–C) groups is 1. The van der Waals surface area contributed by atoms with Gasteiger partial charge in [-0.2, -0.15) is 0 Å². The van der Waals surface area contributed by atoms with Gasteiger partial charge in [0.15, 0.2) is 5.96 Å². The minimum atomic E-state index is 0. The van der Waals surface area contributed by atoms with Crippen molar-refractivity contribution in [3.05, 3.63) is 52.2 Å². The molecule has 1 saturated heterocycles. The van der Waals surface area contributed by atoms with Crippen LogP contribution >= 0.6 is 35.6 Å². The van der Waals surface area contributed by atoms with Crippen LogP contribution in [0.25, 0.3) is 0 Å². The number of hydrogen-bond acceptors (Lipinski definition) is 4. The van der Waals surface area contributed by atoms with E-state index in [1.54, 1.807) is 7.05 Å². The minimum absolute atomic E-state index is 0. The predicted octanol–water partition coefficient (Wildman–Crippen LogP) is 4.14. The molecule has 1 fully saturated rings. The van der Waals surface area contributed by atoms with Crippen molar-refractivity contribution in [3.63, 3.8) is 0 Å². The van der Waals surface area contributed by atoms with Gasteiger partial charge in [-0.3, -0.25) is 9.89 Å². The number of oxazole rings is 1. The first-order valence-corrected chi connectivity index (χ1v) is 10.3. The smallest absolute Gasteiger partial charge is 0.208 e. The molecule has 0 aliphatic carbocycles. The Labute approximate surface area is 195 Å². The van der Waals surface area contributed by atoms with Crippen molar-refractivity contribution < 1.29 is 4.42 Å². The lowest BCUT2D eigenvalue weighted by atomic mass is 9.97. The number of rotatable bonds is 6. The van der Waals surface area contributed by atoms with Crippen molar-refractivity contribution in [2.75, 3.05) is 26.7 Å². The van der Waals surface area contributed by atoms with E-state index in [4.69, 9.17) is 16.0 Å². The van der Waals surface area contributed by atoms with Gasteiger partial charge in [0.1, 0.15) is 5.76 Å². The fourth-order valence-electron chi connectivity index (χ4n) is 3.40. The number of piperidine rings is 1. The lowest BCUT2D eigenvalue weighted by molar-refractivity contribution is 0.164. The highest BCUT2D eigenvalue weighted by Gasteiger charge is 2.21. The Kier molecular flexibility index (Phi) is 9.71. The molecule has 8 heteroatoms. The molecule has 0 unspecified atom stereocenters. The van der Waals surface area contributed by atoms with E-state index in [9.17, 15) is 0 Å². The summed E-state index contributed by atoms with van der Waals surface area (Å²) in [7, 11) is 1.81. The molecule has 6 nitrogen and oxygen atoms in total. The number of aryl methyl sites for hydroxylation is 2. The summed E-state index contributed by atoms with van der Waals surface area (Å²) in [6.07, 6.45) is 2.33. The van der Waals surface area contributed by atoms with Crippen molar-refractivity contribution in [2.24, 2.45) is 10.9 Å². The molecule has 3 rings (SSSR count). The summed E-state index contributed by atoms with van der Waals surface area (Å²) < 4.78 is 5.71. The van der Waals surface area contributed by atoms with Crippen molar-refractivity contribution in [3.8, 4) is 0 Å². The van der Waals surface area contributed by atoms with Crippen LogP contribution < -0.4 is 10.6 Å². The number of aromatic nitrogens is 1. The van der Waals surface area contributed by atoms with Crippen molar-refractivity contribution >= 4 is 41.5 Å². The molecule has 29 heavy (non-hydrogen) atoms.